The van der Waals surface area contributed by atoms with Crippen LogP contribution < -0.4 is 10.1 Å². The van der Waals surface area contributed by atoms with Crippen LogP contribution in [0.25, 0.3) is 11.4 Å². The number of aromatic nitrogens is 2. The number of amides is 1. The topological polar surface area (TPSA) is 77.2 Å². The van der Waals surface area contributed by atoms with E-state index < -0.39 is 6.10 Å². The molecule has 0 aliphatic rings. The van der Waals surface area contributed by atoms with Gasteiger partial charge >= 0.3 is 0 Å². The van der Waals surface area contributed by atoms with Crippen LogP contribution in [-0.2, 0) is 11.3 Å². The Hall–Kier alpha value is -2.67. The highest BCUT2D eigenvalue weighted by Gasteiger charge is 2.17. The van der Waals surface area contributed by atoms with Crippen LogP contribution in [0, 0.1) is 13.8 Å². The Morgan fingerprint density at radius 3 is 2.81 bits per heavy atom. The first-order chi connectivity index (χ1) is 12.9. The van der Waals surface area contributed by atoms with Crippen LogP contribution in [0.2, 0.25) is 0 Å². The van der Waals surface area contributed by atoms with Gasteiger partial charge in [0.25, 0.3) is 5.91 Å². The van der Waals surface area contributed by atoms with Crippen molar-refractivity contribution in [1.29, 1.82) is 0 Å². The molecule has 0 aliphatic carbocycles. The van der Waals surface area contributed by atoms with Gasteiger partial charge in [-0.2, -0.15) is 4.98 Å². The number of halogens is 1. The summed E-state index contributed by atoms with van der Waals surface area (Å²) >= 11 is 3.41. The predicted molar refractivity (Wildman–Crippen MR) is 105 cm³/mol. The van der Waals surface area contributed by atoms with Crippen LogP contribution in [-0.4, -0.2) is 22.2 Å². The second kappa shape index (κ2) is 8.35. The lowest BCUT2D eigenvalue weighted by Gasteiger charge is -2.16. The summed E-state index contributed by atoms with van der Waals surface area (Å²) in [5.41, 5.74) is 2.97. The van der Waals surface area contributed by atoms with Crippen LogP contribution in [0.4, 0.5) is 0 Å². The smallest absolute Gasteiger partial charge is 0.261 e. The number of nitrogens with one attached hydrogen (secondary N) is 1. The van der Waals surface area contributed by atoms with Crippen molar-refractivity contribution in [3.05, 3.63) is 64.0 Å². The van der Waals surface area contributed by atoms with E-state index in [2.05, 4.69) is 31.4 Å². The Balaban J connectivity index is 1.57. The van der Waals surface area contributed by atoms with E-state index in [1.165, 1.54) is 0 Å². The first kappa shape index (κ1) is 19.1. The second-order valence-electron chi connectivity index (χ2n) is 6.27. The molecule has 0 spiro atoms. The molecule has 1 atom stereocenters. The van der Waals surface area contributed by atoms with Gasteiger partial charge in [-0.3, -0.25) is 4.79 Å². The summed E-state index contributed by atoms with van der Waals surface area (Å²) in [6, 6.07) is 13.4. The molecule has 0 saturated heterocycles. The van der Waals surface area contributed by atoms with Gasteiger partial charge in [0.15, 0.2) is 6.10 Å². The molecule has 0 radical (unpaired) electrons. The lowest BCUT2D eigenvalue weighted by atomic mass is 10.1. The fraction of sp³-hybridized carbons (Fsp3) is 0.250. The zero-order chi connectivity index (χ0) is 19.4. The molecular formula is C20H20BrN3O3. The highest BCUT2D eigenvalue weighted by Crippen LogP contribution is 2.21. The van der Waals surface area contributed by atoms with Crippen LogP contribution in [0.3, 0.4) is 0 Å². The molecule has 1 amide bonds. The Labute approximate surface area is 166 Å². The van der Waals surface area contributed by atoms with E-state index in [-0.39, 0.29) is 12.5 Å². The third-order valence-corrected chi connectivity index (χ3v) is 4.46. The predicted octanol–water partition coefficient (Wildman–Crippen LogP) is 4.20. The fourth-order valence-electron chi connectivity index (χ4n) is 2.55. The lowest BCUT2D eigenvalue weighted by Crippen LogP contribution is -2.36. The van der Waals surface area contributed by atoms with Crippen LogP contribution in [0.5, 0.6) is 5.75 Å². The minimum Gasteiger partial charge on any atom is -0.481 e. The van der Waals surface area contributed by atoms with Gasteiger partial charge in [0.05, 0.1) is 6.54 Å². The van der Waals surface area contributed by atoms with Crippen LogP contribution >= 0.6 is 15.9 Å². The average molecular weight is 430 g/mol. The minimum absolute atomic E-state index is 0.139. The number of ether oxygens (including phenoxy) is 1. The van der Waals surface area contributed by atoms with Crippen molar-refractivity contribution in [3.63, 3.8) is 0 Å². The number of aryl methyl sites for hydroxylation is 2. The van der Waals surface area contributed by atoms with Crippen molar-refractivity contribution in [2.75, 3.05) is 0 Å². The molecule has 1 aromatic heterocycles. The number of carbonyl (C=O) groups is 1. The molecule has 7 heteroatoms. The molecule has 27 heavy (non-hydrogen) atoms. The summed E-state index contributed by atoms with van der Waals surface area (Å²) in [7, 11) is 0. The molecular weight excluding hydrogens is 410 g/mol. The maximum Gasteiger partial charge on any atom is 0.261 e. The molecule has 0 saturated carbocycles. The first-order valence-corrected chi connectivity index (χ1v) is 9.32. The number of hydrogen-bond donors (Lipinski definition) is 1. The Kier molecular flexibility index (Phi) is 5.91. The van der Waals surface area contributed by atoms with Crippen molar-refractivity contribution < 1.29 is 14.1 Å². The van der Waals surface area contributed by atoms with Crippen LogP contribution in [0.15, 0.2) is 51.5 Å². The van der Waals surface area contributed by atoms with E-state index in [1.54, 1.807) is 6.92 Å². The van der Waals surface area contributed by atoms with E-state index in [0.717, 1.165) is 21.2 Å². The zero-order valence-electron chi connectivity index (χ0n) is 15.3. The number of benzene rings is 2. The van der Waals surface area contributed by atoms with Gasteiger partial charge in [0.2, 0.25) is 11.7 Å². The molecule has 0 unspecified atom stereocenters. The summed E-state index contributed by atoms with van der Waals surface area (Å²) < 4.78 is 11.9. The highest BCUT2D eigenvalue weighted by atomic mass is 79.9. The largest absolute Gasteiger partial charge is 0.481 e. The number of hydrogen-bond acceptors (Lipinski definition) is 5. The van der Waals surface area contributed by atoms with Gasteiger partial charge in [0.1, 0.15) is 5.75 Å². The van der Waals surface area contributed by atoms with Gasteiger partial charge in [-0.05, 0) is 44.5 Å². The van der Waals surface area contributed by atoms with E-state index in [1.807, 2.05) is 56.3 Å². The van der Waals surface area contributed by atoms with E-state index in [4.69, 9.17) is 9.26 Å². The second-order valence-corrected chi connectivity index (χ2v) is 7.18. The summed E-state index contributed by atoms with van der Waals surface area (Å²) in [6.45, 7) is 5.81. The summed E-state index contributed by atoms with van der Waals surface area (Å²) in [6.07, 6.45) is -0.640. The maximum absolute atomic E-state index is 12.3. The van der Waals surface area contributed by atoms with Crippen molar-refractivity contribution in [3.8, 4) is 17.1 Å². The number of carbonyl (C=O) groups excluding carboxylic acids is 1. The zero-order valence-corrected chi connectivity index (χ0v) is 16.9. The van der Waals surface area contributed by atoms with E-state index in [0.29, 0.717) is 17.5 Å². The van der Waals surface area contributed by atoms with Gasteiger partial charge in [-0.1, -0.05) is 50.9 Å². The fourth-order valence-corrected chi connectivity index (χ4v) is 2.95. The summed E-state index contributed by atoms with van der Waals surface area (Å²) in [5, 5.41) is 6.70. The molecule has 3 rings (SSSR count). The average Bonchev–Trinajstić information content (AvgIpc) is 3.11. The number of nitrogens with zero attached hydrogens (tertiary/aromatic N) is 2. The first-order valence-electron chi connectivity index (χ1n) is 8.52. The van der Waals surface area contributed by atoms with Crippen LogP contribution in [0.1, 0.15) is 23.9 Å². The molecule has 6 nitrogen and oxygen atoms in total. The lowest BCUT2D eigenvalue weighted by molar-refractivity contribution is -0.127. The SMILES string of the molecule is Cc1ccc(O[C@@H](C)C(=O)NCc2nc(-c3cccc(Br)c3)no2)c(C)c1. The van der Waals surface area contributed by atoms with Gasteiger partial charge in [-0.25, -0.2) is 0 Å². The van der Waals surface area contributed by atoms with Gasteiger partial charge in [0, 0.05) is 10.0 Å². The van der Waals surface area contributed by atoms with E-state index in [9.17, 15) is 4.79 Å². The third kappa shape index (κ3) is 4.95. The minimum atomic E-state index is -0.640. The van der Waals surface area contributed by atoms with Crippen molar-refractivity contribution >= 4 is 21.8 Å². The third-order valence-electron chi connectivity index (χ3n) is 3.97. The molecule has 140 valence electrons. The molecule has 0 fully saturated rings. The molecule has 0 aliphatic heterocycles. The summed E-state index contributed by atoms with van der Waals surface area (Å²) in [5.74, 6) is 1.24. The monoisotopic (exact) mass is 429 g/mol. The Morgan fingerprint density at radius 2 is 2.07 bits per heavy atom. The van der Waals surface area contributed by atoms with Crippen molar-refractivity contribution in [2.24, 2.45) is 0 Å². The molecule has 1 heterocycles. The van der Waals surface area contributed by atoms with E-state index >= 15 is 0 Å². The van der Waals surface area contributed by atoms with Crippen molar-refractivity contribution in [1.82, 2.24) is 15.5 Å². The maximum atomic E-state index is 12.3. The Bertz CT molecular complexity index is 955. The quantitative estimate of drug-likeness (QED) is 0.635. The highest BCUT2D eigenvalue weighted by molar-refractivity contribution is 9.10. The summed E-state index contributed by atoms with van der Waals surface area (Å²) in [4.78, 5) is 16.6. The Morgan fingerprint density at radius 1 is 1.26 bits per heavy atom. The van der Waals surface area contributed by atoms with Gasteiger partial charge in [-0.15, -0.1) is 0 Å². The molecule has 3 aromatic rings. The number of rotatable bonds is 6. The standard InChI is InChI=1S/C20H20BrN3O3/c1-12-7-8-17(13(2)9-12)26-14(3)20(25)22-11-18-23-19(24-27-18)15-5-4-6-16(21)10-15/h4-10,14H,11H2,1-3H3,(H,22,25)/t14-/m0/s1. The molecule has 0 bridgehead atoms. The van der Waals surface area contributed by atoms with Gasteiger partial charge < -0.3 is 14.6 Å². The van der Waals surface area contributed by atoms with Crippen molar-refractivity contribution in [2.45, 2.75) is 33.4 Å². The normalized spacial score (nSPS) is 11.9. The molecule has 2 aromatic carbocycles. The molecule has 1 N–H and O–H groups in total.